The van der Waals surface area contributed by atoms with E-state index in [1.165, 1.54) is 11.3 Å². The molecule has 3 heterocycles. The minimum Gasteiger partial charge on any atom is -0.314 e. The van der Waals surface area contributed by atoms with Crippen LogP contribution in [0.2, 0.25) is 5.02 Å². The van der Waals surface area contributed by atoms with Crippen LogP contribution in [0.3, 0.4) is 0 Å². The minimum atomic E-state index is -0.332. The van der Waals surface area contributed by atoms with Gasteiger partial charge in [0.15, 0.2) is 0 Å². The molecule has 0 saturated carbocycles. The van der Waals surface area contributed by atoms with Crippen LogP contribution in [-0.2, 0) is 0 Å². The third kappa shape index (κ3) is 2.14. The summed E-state index contributed by atoms with van der Waals surface area (Å²) in [6, 6.07) is 15.3. The van der Waals surface area contributed by atoms with Crippen LogP contribution in [0.1, 0.15) is 38.2 Å². The quantitative estimate of drug-likeness (QED) is 0.619. The summed E-state index contributed by atoms with van der Waals surface area (Å²) in [5, 5.41) is 1.41. The molecule has 1 fully saturated rings. The van der Waals surface area contributed by atoms with Crippen molar-refractivity contribution in [2.24, 2.45) is 0 Å². The third-order valence-electron chi connectivity index (χ3n) is 5.11. The van der Waals surface area contributed by atoms with E-state index in [2.05, 4.69) is 0 Å². The van der Waals surface area contributed by atoms with Gasteiger partial charge >= 0.3 is 0 Å². The lowest BCUT2D eigenvalue weighted by Gasteiger charge is -2.40. The molecule has 0 spiro atoms. The van der Waals surface area contributed by atoms with Gasteiger partial charge in [0.2, 0.25) is 0 Å². The van der Waals surface area contributed by atoms with Crippen LogP contribution in [0.5, 0.6) is 0 Å². The Bertz CT molecular complexity index is 1060. The second-order valence-electron chi connectivity index (χ2n) is 6.55. The molecular formula is C20H15ClN2O2S. The van der Waals surface area contributed by atoms with Gasteiger partial charge in [-0.05, 0) is 18.6 Å². The molecule has 0 bridgehead atoms. The van der Waals surface area contributed by atoms with Gasteiger partial charge in [-0.3, -0.25) is 9.59 Å². The SMILES string of the molecule is O=C1c2ccccc2C2N1CCCN2C(=O)c1sc2ccccc2c1Cl. The highest BCUT2D eigenvalue weighted by molar-refractivity contribution is 7.21. The van der Waals surface area contributed by atoms with Crippen molar-refractivity contribution in [2.45, 2.75) is 12.6 Å². The van der Waals surface area contributed by atoms with Crippen LogP contribution in [0.4, 0.5) is 0 Å². The Morgan fingerprint density at radius 2 is 1.85 bits per heavy atom. The van der Waals surface area contributed by atoms with E-state index >= 15 is 0 Å². The molecular weight excluding hydrogens is 368 g/mol. The molecule has 1 aromatic heterocycles. The summed E-state index contributed by atoms with van der Waals surface area (Å²) >= 11 is 7.94. The molecule has 0 radical (unpaired) electrons. The maximum atomic E-state index is 13.4. The molecule has 1 atom stereocenters. The molecule has 3 aromatic rings. The lowest BCUT2D eigenvalue weighted by molar-refractivity contribution is 0.0167. The Labute approximate surface area is 159 Å². The second-order valence-corrected chi connectivity index (χ2v) is 7.98. The molecule has 130 valence electrons. The number of amides is 2. The van der Waals surface area contributed by atoms with Crippen molar-refractivity contribution in [2.75, 3.05) is 13.1 Å². The summed E-state index contributed by atoms with van der Waals surface area (Å²) in [5.74, 6) is -0.0964. The van der Waals surface area contributed by atoms with Crippen LogP contribution in [0, 0.1) is 0 Å². The Morgan fingerprint density at radius 3 is 2.69 bits per heavy atom. The molecule has 6 heteroatoms. The lowest BCUT2D eigenvalue weighted by atomic mass is 10.1. The van der Waals surface area contributed by atoms with Crippen molar-refractivity contribution in [3.05, 3.63) is 69.6 Å². The first kappa shape index (κ1) is 15.9. The topological polar surface area (TPSA) is 40.6 Å². The lowest BCUT2D eigenvalue weighted by Crippen LogP contribution is -2.48. The largest absolute Gasteiger partial charge is 0.314 e. The van der Waals surface area contributed by atoms with Gasteiger partial charge in [-0.15, -0.1) is 11.3 Å². The molecule has 4 nitrogen and oxygen atoms in total. The molecule has 1 saturated heterocycles. The molecule has 1 unspecified atom stereocenters. The van der Waals surface area contributed by atoms with Gasteiger partial charge in [0.25, 0.3) is 11.8 Å². The number of hydrogen-bond donors (Lipinski definition) is 0. The van der Waals surface area contributed by atoms with Crippen molar-refractivity contribution in [3.8, 4) is 0 Å². The molecule has 0 N–H and O–H groups in total. The van der Waals surface area contributed by atoms with E-state index in [9.17, 15) is 9.59 Å². The van der Waals surface area contributed by atoms with Crippen molar-refractivity contribution in [3.63, 3.8) is 0 Å². The third-order valence-corrected chi connectivity index (χ3v) is 6.77. The van der Waals surface area contributed by atoms with E-state index in [0.717, 1.165) is 22.1 Å². The molecule has 2 amide bonds. The first-order valence-corrected chi connectivity index (χ1v) is 9.74. The van der Waals surface area contributed by atoms with Gasteiger partial charge in [-0.2, -0.15) is 0 Å². The number of thiophene rings is 1. The first-order valence-electron chi connectivity index (χ1n) is 8.54. The van der Waals surface area contributed by atoms with E-state index in [1.54, 1.807) is 9.80 Å². The zero-order valence-corrected chi connectivity index (χ0v) is 15.4. The summed E-state index contributed by atoms with van der Waals surface area (Å²) in [5.41, 5.74) is 1.60. The number of rotatable bonds is 1. The van der Waals surface area contributed by atoms with Gasteiger partial charge in [-0.1, -0.05) is 48.0 Å². The highest BCUT2D eigenvalue weighted by Gasteiger charge is 2.44. The van der Waals surface area contributed by atoms with Crippen LogP contribution >= 0.6 is 22.9 Å². The van der Waals surface area contributed by atoms with Gasteiger partial charge < -0.3 is 9.80 Å². The zero-order chi connectivity index (χ0) is 17.8. The highest BCUT2D eigenvalue weighted by atomic mass is 35.5. The molecule has 5 rings (SSSR count). The molecule has 26 heavy (non-hydrogen) atoms. The predicted octanol–water partition coefficient (Wildman–Crippen LogP) is 4.56. The van der Waals surface area contributed by atoms with Crippen molar-refractivity contribution < 1.29 is 9.59 Å². The summed E-state index contributed by atoms with van der Waals surface area (Å²) in [6.45, 7) is 1.29. The number of hydrogen-bond acceptors (Lipinski definition) is 3. The summed E-state index contributed by atoms with van der Waals surface area (Å²) in [7, 11) is 0. The maximum Gasteiger partial charge on any atom is 0.267 e. The normalized spacial score (nSPS) is 19.0. The number of fused-ring (bicyclic) bond motifs is 4. The predicted molar refractivity (Wildman–Crippen MR) is 103 cm³/mol. The second kappa shape index (κ2) is 5.83. The average molecular weight is 383 g/mol. The summed E-state index contributed by atoms with van der Waals surface area (Å²) < 4.78 is 0.998. The minimum absolute atomic E-state index is 0.00513. The summed E-state index contributed by atoms with van der Waals surface area (Å²) in [4.78, 5) is 30.2. The van der Waals surface area contributed by atoms with E-state index in [1.807, 2.05) is 48.5 Å². The monoisotopic (exact) mass is 382 g/mol. The van der Waals surface area contributed by atoms with E-state index < -0.39 is 0 Å². The number of nitrogens with zero attached hydrogens (tertiary/aromatic N) is 2. The fourth-order valence-electron chi connectivity index (χ4n) is 3.94. The Hall–Kier alpha value is -2.37. The Morgan fingerprint density at radius 1 is 1.08 bits per heavy atom. The highest BCUT2D eigenvalue weighted by Crippen LogP contribution is 2.42. The van der Waals surface area contributed by atoms with E-state index in [4.69, 9.17) is 11.6 Å². The first-order chi connectivity index (χ1) is 12.7. The van der Waals surface area contributed by atoms with Gasteiger partial charge in [0.05, 0.1) is 5.02 Å². The number of benzene rings is 2. The molecule has 2 aromatic carbocycles. The van der Waals surface area contributed by atoms with E-state index in [0.29, 0.717) is 28.6 Å². The maximum absolute atomic E-state index is 13.4. The van der Waals surface area contributed by atoms with Crippen LogP contribution < -0.4 is 0 Å². The zero-order valence-electron chi connectivity index (χ0n) is 13.8. The van der Waals surface area contributed by atoms with Crippen LogP contribution in [-0.4, -0.2) is 34.7 Å². The fraction of sp³-hybridized carbons (Fsp3) is 0.200. The molecule has 0 aliphatic carbocycles. The van der Waals surface area contributed by atoms with Crippen LogP contribution in [0.25, 0.3) is 10.1 Å². The average Bonchev–Trinajstić information content (AvgIpc) is 3.17. The van der Waals surface area contributed by atoms with Crippen LogP contribution in [0.15, 0.2) is 48.5 Å². The van der Waals surface area contributed by atoms with Gasteiger partial charge in [-0.25, -0.2) is 0 Å². The number of halogens is 1. The van der Waals surface area contributed by atoms with Crippen molar-refractivity contribution in [1.29, 1.82) is 0 Å². The Kier molecular flexibility index (Phi) is 3.55. The smallest absolute Gasteiger partial charge is 0.267 e. The van der Waals surface area contributed by atoms with Gasteiger partial charge in [0.1, 0.15) is 11.0 Å². The molecule has 2 aliphatic rings. The summed E-state index contributed by atoms with van der Waals surface area (Å²) in [6.07, 6.45) is 0.436. The fourth-order valence-corrected chi connectivity index (χ4v) is 5.41. The van der Waals surface area contributed by atoms with Crippen molar-refractivity contribution in [1.82, 2.24) is 9.80 Å². The molecule has 2 aliphatic heterocycles. The Balaban J connectivity index is 1.60. The number of carbonyl (C=O) groups excluding carboxylic acids is 2. The van der Waals surface area contributed by atoms with Gasteiger partial charge in [0, 0.05) is 34.3 Å². The van der Waals surface area contributed by atoms with E-state index in [-0.39, 0.29) is 18.0 Å². The number of carbonyl (C=O) groups is 2. The van der Waals surface area contributed by atoms with Crippen molar-refractivity contribution >= 4 is 44.8 Å². The standard InChI is InChI=1S/C20H15ClN2O2S/c21-16-14-8-3-4-9-15(14)26-17(16)20(25)23-11-5-10-22-18(23)12-6-1-2-7-13(12)19(22)24/h1-4,6-9,18H,5,10-11H2.